The maximum absolute atomic E-state index is 14.0. The van der Waals surface area contributed by atoms with E-state index in [-0.39, 0.29) is 25.4 Å². The molecule has 1 aliphatic heterocycles. The lowest BCUT2D eigenvalue weighted by molar-refractivity contribution is -0.230. The Morgan fingerprint density at radius 2 is 1.96 bits per heavy atom. The lowest BCUT2D eigenvalue weighted by Crippen LogP contribution is -2.52. The van der Waals surface area contributed by atoms with Gasteiger partial charge in [0.2, 0.25) is 0 Å². The van der Waals surface area contributed by atoms with Crippen LogP contribution in [0.3, 0.4) is 0 Å². The number of alkyl halides is 3. The molecule has 1 aromatic heterocycles. The van der Waals surface area contributed by atoms with E-state index in [9.17, 15) is 13.2 Å². The van der Waals surface area contributed by atoms with Crippen LogP contribution in [0.2, 0.25) is 0 Å². The van der Waals surface area contributed by atoms with Gasteiger partial charge in [-0.15, -0.1) is 23.7 Å². The second kappa shape index (κ2) is 6.67. The summed E-state index contributed by atoms with van der Waals surface area (Å²) in [6.07, 6.45) is -2.18. The number of halogens is 4. The molecule has 1 atom stereocenters. The first-order valence-corrected chi connectivity index (χ1v) is 7.82. The first kappa shape index (κ1) is 18.0. The average Bonchev–Trinajstić information content (AvgIpc) is 3.07. The van der Waals surface area contributed by atoms with E-state index in [1.807, 2.05) is 0 Å². The molecule has 126 valence electrons. The van der Waals surface area contributed by atoms with Gasteiger partial charge in [-0.1, -0.05) is 30.3 Å². The van der Waals surface area contributed by atoms with Crippen molar-refractivity contribution in [3.8, 4) is 0 Å². The third kappa shape index (κ3) is 3.18. The second-order valence-electron chi connectivity index (χ2n) is 5.41. The Morgan fingerprint density at radius 1 is 1.26 bits per heavy atom. The molecule has 2 N–H and O–H groups in total. The van der Waals surface area contributed by atoms with Crippen LogP contribution in [0, 0.1) is 0 Å². The van der Waals surface area contributed by atoms with Crippen molar-refractivity contribution in [1.82, 2.24) is 9.88 Å². The topological polar surface area (TPSA) is 42.1 Å². The molecule has 1 saturated heterocycles. The maximum atomic E-state index is 14.0. The van der Waals surface area contributed by atoms with Gasteiger partial charge < -0.3 is 5.73 Å². The molecule has 3 nitrogen and oxygen atoms in total. The highest BCUT2D eigenvalue weighted by molar-refractivity contribution is 7.15. The predicted octanol–water partition coefficient (Wildman–Crippen LogP) is 4.20. The lowest BCUT2D eigenvalue weighted by Gasteiger charge is -2.40. The molecule has 1 fully saturated rings. The highest BCUT2D eigenvalue weighted by Crippen LogP contribution is 2.51. The number of benzene rings is 1. The zero-order chi connectivity index (χ0) is 15.8. The van der Waals surface area contributed by atoms with Gasteiger partial charge in [0.05, 0.1) is 0 Å². The Hall–Kier alpha value is -1.31. The second-order valence-corrected chi connectivity index (χ2v) is 6.56. The molecule has 0 amide bonds. The van der Waals surface area contributed by atoms with Crippen LogP contribution in [0.1, 0.15) is 23.3 Å². The Labute approximate surface area is 142 Å². The summed E-state index contributed by atoms with van der Waals surface area (Å²) in [5.41, 5.74) is 3.96. The molecule has 2 heterocycles. The summed E-state index contributed by atoms with van der Waals surface area (Å²) in [5.74, 6) is 0. The number of thiazole rings is 1. The fraction of sp³-hybridized carbons (Fsp3) is 0.400. The van der Waals surface area contributed by atoms with E-state index in [1.54, 1.807) is 36.5 Å². The molecule has 1 aliphatic rings. The quantitative estimate of drug-likeness (QED) is 0.888. The molecule has 0 bridgehead atoms. The van der Waals surface area contributed by atoms with E-state index in [0.717, 1.165) is 4.88 Å². The number of hydrogen-bond donors (Lipinski definition) is 1. The number of aromatic nitrogens is 1. The highest BCUT2D eigenvalue weighted by Gasteiger charge is 2.61. The van der Waals surface area contributed by atoms with Gasteiger partial charge in [-0.25, -0.2) is 4.98 Å². The summed E-state index contributed by atoms with van der Waals surface area (Å²) in [5, 5.41) is 0.381. The van der Waals surface area contributed by atoms with E-state index in [2.05, 4.69) is 4.98 Å². The number of nitrogens with two attached hydrogens (primary N) is 1. The van der Waals surface area contributed by atoms with Crippen LogP contribution in [0.4, 0.5) is 18.3 Å². The van der Waals surface area contributed by atoms with E-state index < -0.39 is 11.7 Å². The molecule has 23 heavy (non-hydrogen) atoms. The molecule has 1 aromatic carbocycles. The fourth-order valence-corrected chi connectivity index (χ4v) is 3.90. The number of hydrogen-bond acceptors (Lipinski definition) is 4. The van der Waals surface area contributed by atoms with Gasteiger partial charge in [-0.2, -0.15) is 13.2 Å². The Morgan fingerprint density at radius 3 is 2.52 bits per heavy atom. The Bertz CT molecular complexity index is 647. The molecule has 8 heteroatoms. The normalized spacial score (nSPS) is 22.0. The molecule has 0 saturated carbocycles. The third-order valence-corrected chi connectivity index (χ3v) is 4.96. The van der Waals surface area contributed by atoms with Gasteiger partial charge in [0.15, 0.2) is 5.13 Å². The van der Waals surface area contributed by atoms with Crippen LogP contribution >= 0.6 is 23.7 Å². The maximum Gasteiger partial charge on any atom is 0.411 e. The van der Waals surface area contributed by atoms with E-state index in [1.165, 1.54) is 16.2 Å². The lowest BCUT2D eigenvalue weighted by atomic mass is 9.86. The third-order valence-electron chi connectivity index (χ3n) is 4.14. The SMILES string of the molecule is Cl.Nc1ncc(CN2CCCC2(c2ccccc2)C(F)(F)F)s1. The van der Waals surface area contributed by atoms with Crippen LogP contribution in [0.15, 0.2) is 36.5 Å². The van der Waals surface area contributed by atoms with E-state index in [0.29, 0.717) is 23.7 Å². The number of nitrogen functional groups attached to an aromatic ring is 1. The van der Waals surface area contributed by atoms with Crippen molar-refractivity contribution in [3.63, 3.8) is 0 Å². The van der Waals surface area contributed by atoms with Crippen LogP contribution in [-0.2, 0) is 12.1 Å². The summed E-state index contributed by atoms with van der Waals surface area (Å²) >= 11 is 1.24. The number of likely N-dealkylation sites (tertiary alicyclic amines) is 1. The smallest absolute Gasteiger partial charge is 0.375 e. The van der Waals surface area contributed by atoms with Crippen molar-refractivity contribution >= 4 is 28.9 Å². The summed E-state index contributed by atoms with van der Waals surface area (Å²) in [6, 6.07) is 8.17. The Kier molecular flexibility index (Phi) is 5.23. The Balaban J connectivity index is 0.00000192. The van der Waals surface area contributed by atoms with Crippen molar-refractivity contribution in [3.05, 3.63) is 47.0 Å². The predicted molar refractivity (Wildman–Crippen MR) is 87.6 cm³/mol. The van der Waals surface area contributed by atoms with E-state index in [4.69, 9.17) is 5.73 Å². The van der Waals surface area contributed by atoms with Crippen molar-refractivity contribution < 1.29 is 13.2 Å². The van der Waals surface area contributed by atoms with Crippen LogP contribution in [0.5, 0.6) is 0 Å². The molecule has 0 spiro atoms. The standard InChI is InChI=1S/C15H16F3N3S.ClH/c16-15(17,18)14(11-5-2-1-3-6-11)7-4-8-21(14)10-12-9-20-13(19)22-12;/h1-3,5-6,9H,4,7-8,10H2,(H2,19,20);1H. The van der Waals surface area contributed by atoms with E-state index >= 15 is 0 Å². The van der Waals surface area contributed by atoms with Crippen molar-refractivity contribution in [2.24, 2.45) is 0 Å². The van der Waals surface area contributed by atoms with Crippen molar-refractivity contribution in [1.29, 1.82) is 0 Å². The zero-order valence-electron chi connectivity index (χ0n) is 12.2. The molecule has 2 aromatic rings. The van der Waals surface area contributed by atoms with Crippen LogP contribution < -0.4 is 5.73 Å². The fourth-order valence-electron chi connectivity index (χ4n) is 3.20. The number of nitrogens with zero attached hydrogens (tertiary/aromatic N) is 2. The summed E-state index contributed by atoms with van der Waals surface area (Å²) in [6.45, 7) is 0.621. The molecular formula is C15H17ClF3N3S. The summed E-state index contributed by atoms with van der Waals surface area (Å²) in [4.78, 5) is 6.19. The molecule has 0 radical (unpaired) electrons. The molecule has 3 rings (SSSR count). The minimum absolute atomic E-state index is 0. The largest absolute Gasteiger partial charge is 0.411 e. The minimum Gasteiger partial charge on any atom is -0.375 e. The molecule has 0 aliphatic carbocycles. The number of rotatable bonds is 3. The summed E-state index contributed by atoms with van der Waals surface area (Å²) < 4.78 is 41.9. The van der Waals surface area contributed by atoms with Gasteiger partial charge in [0, 0.05) is 17.6 Å². The van der Waals surface area contributed by atoms with Crippen LogP contribution in [0.25, 0.3) is 0 Å². The summed E-state index contributed by atoms with van der Waals surface area (Å²) in [7, 11) is 0. The first-order chi connectivity index (χ1) is 10.4. The first-order valence-electron chi connectivity index (χ1n) is 7.01. The van der Waals surface area contributed by atoms with Crippen molar-refractivity contribution in [2.75, 3.05) is 12.3 Å². The zero-order valence-corrected chi connectivity index (χ0v) is 13.8. The van der Waals surface area contributed by atoms with Crippen LogP contribution in [-0.4, -0.2) is 22.6 Å². The number of anilines is 1. The minimum atomic E-state index is -4.33. The van der Waals surface area contributed by atoms with Gasteiger partial charge >= 0.3 is 6.18 Å². The van der Waals surface area contributed by atoms with Gasteiger partial charge in [-0.3, -0.25) is 4.90 Å². The molecular weight excluding hydrogens is 347 g/mol. The monoisotopic (exact) mass is 363 g/mol. The average molecular weight is 364 g/mol. The van der Waals surface area contributed by atoms with Gasteiger partial charge in [0.25, 0.3) is 0 Å². The van der Waals surface area contributed by atoms with Gasteiger partial charge in [-0.05, 0) is 24.9 Å². The van der Waals surface area contributed by atoms with Crippen molar-refractivity contribution in [2.45, 2.75) is 31.1 Å². The highest BCUT2D eigenvalue weighted by atomic mass is 35.5. The van der Waals surface area contributed by atoms with Gasteiger partial charge in [0.1, 0.15) is 5.54 Å². The molecule has 1 unspecified atom stereocenters.